The number of piperidine rings is 1. The van der Waals surface area contributed by atoms with E-state index in [9.17, 15) is 26.8 Å². The zero-order valence-electron chi connectivity index (χ0n) is 25.3. The number of esters is 2. The quantitative estimate of drug-likeness (QED) is 0.289. The molecule has 1 unspecified atom stereocenters. The van der Waals surface area contributed by atoms with Crippen molar-refractivity contribution in [1.29, 1.82) is 0 Å². The highest BCUT2D eigenvalue weighted by Gasteiger charge is 2.47. The molecule has 2 aliphatic heterocycles. The van der Waals surface area contributed by atoms with E-state index in [1.807, 2.05) is 0 Å². The highest BCUT2D eigenvalue weighted by atomic mass is 79.9. The highest BCUT2D eigenvalue weighted by molar-refractivity contribution is 9.10. The standard InChI is InChI=1S/C30H35BrF2N4O6S2/c1-5-42-29(39)21-24(35-26(27-34-10-13-44-27)36-25(21)19-6-7-20(32)23(33)22(19)31)16-8-11-37(12-9-16)45(40,41)18-14-17(15-18)28(38)43-30(2,3)4/h6-7,10,13,16-18,25H,5,8-9,11-12,14-15H2,1-4H3,(H,35,36)/t17-,18-,25?. The number of hydrogen-bond donors (Lipinski definition) is 1. The number of benzene rings is 1. The minimum absolute atomic E-state index is 0.0761. The largest absolute Gasteiger partial charge is 0.463 e. The van der Waals surface area contributed by atoms with Crippen molar-refractivity contribution in [1.82, 2.24) is 14.6 Å². The van der Waals surface area contributed by atoms with Crippen molar-refractivity contribution in [2.45, 2.75) is 70.3 Å². The van der Waals surface area contributed by atoms with E-state index in [0.29, 0.717) is 29.4 Å². The molecule has 1 aliphatic carbocycles. The Balaban J connectivity index is 1.41. The summed E-state index contributed by atoms with van der Waals surface area (Å²) < 4.78 is 67.9. The van der Waals surface area contributed by atoms with Crippen LogP contribution in [0.5, 0.6) is 0 Å². The number of carbonyl (C=O) groups excluding carboxylic acids is 2. The Kier molecular flexibility index (Phi) is 9.83. The fraction of sp³-hybridized carbons (Fsp3) is 0.533. The lowest BCUT2D eigenvalue weighted by molar-refractivity contribution is -0.162. The van der Waals surface area contributed by atoms with Crippen LogP contribution in [0.15, 0.2) is 44.4 Å². The Bertz CT molecular complexity index is 1630. The van der Waals surface area contributed by atoms with Gasteiger partial charge in [0.1, 0.15) is 11.6 Å². The number of nitrogens with zero attached hydrogens (tertiary/aromatic N) is 3. The summed E-state index contributed by atoms with van der Waals surface area (Å²) in [7, 11) is -3.66. The van der Waals surface area contributed by atoms with E-state index in [1.54, 1.807) is 39.3 Å². The zero-order chi connectivity index (χ0) is 32.7. The number of ether oxygens (including phenoxy) is 2. The number of thiazole rings is 1. The Morgan fingerprint density at radius 1 is 1.18 bits per heavy atom. The third-order valence-electron chi connectivity index (χ3n) is 8.04. The smallest absolute Gasteiger partial charge is 0.338 e. The van der Waals surface area contributed by atoms with Crippen molar-refractivity contribution in [2.24, 2.45) is 16.8 Å². The van der Waals surface area contributed by atoms with E-state index < -0.39 is 50.4 Å². The highest BCUT2D eigenvalue weighted by Crippen LogP contribution is 2.42. The van der Waals surface area contributed by atoms with Crippen LogP contribution in [0.25, 0.3) is 0 Å². The van der Waals surface area contributed by atoms with E-state index in [4.69, 9.17) is 14.5 Å². The summed E-state index contributed by atoms with van der Waals surface area (Å²) in [5, 5.41) is 4.91. The number of nitrogens with one attached hydrogen (secondary N) is 1. The van der Waals surface area contributed by atoms with Gasteiger partial charge in [-0.05, 0) is 80.9 Å². The number of carbonyl (C=O) groups is 2. The summed E-state index contributed by atoms with van der Waals surface area (Å²) in [6.45, 7) is 7.46. The maximum Gasteiger partial charge on any atom is 0.338 e. The Morgan fingerprint density at radius 3 is 2.47 bits per heavy atom. The van der Waals surface area contributed by atoms with Crippen molar-refractivity contribution >= 4 is 55.1 Å². The Labute approximate surface area is 273 Å². The van der Waals surface area contributed by atoms with Gasteiger partial charge in [0.15, 0.2) is 22.5 Å². The zero-order valence-corrected chi connectivity index (χ0v) is 28.5. The van der Waals surface area contributed by atoms with Crippen molar-refractivity contribution in [3.05, 3.63) is 61.7 Å². The van der Waals surface area contributed by atoms with Gasteiger partial charge in [0, 0.05) is 36.3 Å². The molecule has 1 N–H and O–H groups in total. The summed E-state index contributed by atoms with van der Waals surface area (Å²) in [6, 6.07) is 1.30. The molecule has 0 bridgehead atoms. The van der Waals surface area contributed by atoms with Gasteiger partial charge >= 0.3 is 11.9 Å². The molecule has 244 valence electrons. The average Bonchev–Trinajstić information content (AvgIpc) is 3.49. The van der Waals surface area contributed by atoms with Gasteiger partial charge in [-0.3, -0.25) is 9.79 Å². The average molecular weight is 730 g/mol. The van der Waals surface area contributed by atoms with Crippen molar-refractivity contribution in [2.75, 3.05) is 19.7 Å². The normalized spacial score (nSPS) is 23.2. The Morgan fingerprint density at radius 2 is 1.87 bits per heavy atom. The minimum atomic E-state index is -3.66. The summed E-state index contributed by atoms with van der Waals surface area (Å²) in [5.74, 6) is -3.60. The maximum absolute atomic E-state index is 14.7. The third kappa shape index (κ3) is 7.00. The maximum atomic E-state index is 14.7. The van der Waals surface area contributed by atoms with Gasteiger partial charge in [-0.2, -0.15) is 0 Å². The fourth-order valence-electron chi connectivity index (χ4n) is 5.74. The number of sulfonamides is 1. The number of halogens is 3. The minimum Gasteiger partial charge on any atom is -0.463 e. The first-order chi connectivity index (χ1) is 21.2. The molecule has 1 aromatic heterocycles. The molecule has 3 heterocycles. The van der Waals surface area contributed by atoms with Gasteiger partial charge in [-0.1, -0.05) is 6.07 Å². The number of amidine groups is 1. The molecule has 10 nitrogen and oxygen atoms in total. The van der Waals surface area contributed by atoms with Crippen LogP contribution >= 0.6 is 27.3 Å². The molecule has 1 aromatic carbocycles. The van der Waals surface area contributed by atoms with E-state index in [0.717, 1.165) is 6.07 Å². The van der Waals surface area contributed by atoms with Crippen molar-refractivity contribution in [3.8, 4) is 0 Å². The van der Waals surface area contributed by atoms with Crippen LogP contribution in [-0.2, 0) is 29.1 Å². The number of aromatic nitrogens is 1. The molecule has 2 aromatic rings. The summed E-state index contributed by atoms with van der Waals surface area (Å²) >= 11 is 4.47. The van der Waals surface area contributed by atoms with Crippen LogP contribution in [0.2, 0.25) is 0 Å². The van der Waals surface area contributed by atoms with E-state index in [1.165, 1.54) is 21.7 Å². The van der Waals surface area contributed by atoms with Crippen LogP contribution in [0.3, 0.4) is 0 Å². The lowest BCUT2D eigenvalue weighted by Crippen LogP contribution is -2.50. The molecule has 1 atom stereocenters. The number of rotatable bonds is 8. The molecule has 5 rings (SSSR count). The number of aliphatic imine (C=N–C) groups is 1. The molecule has 15 heteroatoms. The van der Waals surface area contributed by atoms with E-state index in [2.05, 4.69) is 26.2 Å². The molecular formula is C30H35BrF2N4O6S2. The number of hydrogen-bond acceptors (Lipinski definition) is 10. The second-order valence-electron chi connectivity index (χ2n) is 12.2. The molecule has 1 saturated carbocycles. The molecule has 0 radical (unpaired) electrons. The third-order valence-corrected chi connectivity index (χ3v) is 11.9. The second-order valence-corrected chi connectivity index (χ2v) is 16.1. The first-order valence-corrected chi connectivity index (χ1v) is 17.9. The lowest BCUT2D eigenvalue weighted by atomic mass is 9.85. The first kappa shape index (κ1) is 33.6. The molecule has 2 fully saturated rings. The summed E-state index contributed by atoms with van der Waals surface area (Å²) in [6.07, 6.45) is 2.80. The predicted molar refractivity (Wildman–Crippen MR) is 168 cm³/mol. The molecule has 0 amide bonds. The predicted octanol–water partition coefficient (Wildman–Crippen LogP) is 5.25. The monoisotopic (exact) mass is 728 g/mol. The van der Waals surface area contributed by atoms with Crippen LogP contribution in [0, 0.1) is 23.5 Å². The molecular weight excluding hydrogens is 694 g/mol. The van der Waals surface area contributed by atoms with Crippen LogP contribution < -0.4 is 5.32 Å². The van der Waals surface area contributed by atoms with Gasteiger partial charge < -0.3 is 14.8 Å². The Hall–Kier alpha value is -2.75. The fourth-order valence-corrected chi connectivity index (χ4v) is 8.96. The van der Waals surface area contributed by atoms with Crippen LogP contribution in [0.4, 0.5) is 8.78 Å². The molecule has 1 saturated heterocycles. The van der Waals surface area contributed by atoms with Gasteiger partial charge in [-0.15, -0.1) is 11.3 Å². The van der Waals surface area contributed by atoms with Gasteiger partial charge in [0.25, 0.3) is 0 Å². The van der Waals surface area contributed by atoms with Gasteiger partial charge in [0.05, 0.1) is 27.8 Å². The van der Waals surface area contributed by atoms with E-state index in [-0.39, 0.29) is 60.0 Å². The molecule has 3 aliphatic rings. The van der Waals surface area contributed by atoms with Crippen LogP contribution in [0.1, 0.15) is 70.0 Å². The van der Waals surface area contributed by atoms with Crippen molar-refractivity contribution < 1.29 is 36.3 Å². The first-order valence-electron chi connectivity index (χ1n) is 14.7. The second kappa shape index (κ2) is 13.2. The summed E-state index contributed by atoms with van der Waals surface area (Å²) in [5.41, 5.74) is 0.219. The summed E-state index contributed by atoms with van der Waals surface area (Å²) in [4.78, 5) is 35.0. The lowest BCUT2D eigenvalue weighted by Gasteiger charge is -2.40. The number of allylic oxidation sites excluding steroid dienone is 1. The SMILES string of the molecule is CCOC(=O)C1=C(C2CCN(S(=O)(=O)[C@H]3C[C@H](C(=O)OC(C)(C)C)C3)CC2)NC(c2nccs2)=NC1c1ccc(F)c(F)c1Br. The van der Waals surface area contributed by atoms with Gasteiger partial charge in [0.2, 0.25) is 10.0 Å². The molecule has 0 spiro atoms. The van der Waals surface area contributed by atoms with Gasteiger partial charge in [-0.25, -0.2) is 31.3 Å². The van der Waals surface area contributed by atoms with E-state index >= 15 is 0 Å². The molecule has 45 heavy (non-hydrogen) atoms. The van der Waals surface area contributed by atoms with Crippen LogP contribution in [-0.4, -0.2) is 66.0 Å². The van der Waals surface area contributed by atoms with Crippen molar-refractivity contribution in [3.63, 3.8) is 0 Å². The topological polar surface area (TPSA) is 127 Å².